The first-order valence-corrected chi connectivity index (χ1v) is 14.8. The van der Waals surface area contributed by atoms with Gasteiger partial charge in [0.25, 0.3) is 0 Å². The number of rotatable bonds is 9. The van der Waals surface area contributed by atoms with Crippen molar-refractivity contribution in [2.24, 2.45) is 5.92 Å². The minimum atomic E-state index is -1.09. The van der Waals surface area contributed by atoms with Crippen LogP contribution in [0.3, 0.4) is 0 Å². The Kier molecular flexibility index (Phi) is 7.32. The van der Waals surface area contributed by atoms with Crippen molar-refractivity contribution in [3.63, 3.8) is 0 Å². The van der Waals surface area contributed by atoms with Gasteiger partial charge in [-0.2, -0.15) is 0 Å². The predicted molar refractivity (Wildman–Crippen MR) is 155 cm³/mol. The molecule has 1 aliphatic carbocycles. The van der Waals surface area contributed by atoms with Gasteiger partial charge in [0.15, 0.2) is 17.7 Å². The van der Waals surface area contributed by atoms with Crippen LogP contribution in [0.15, 0.2) is 30.9 Å². The van der Waals surface area contributed by atoms with Crippen molar-refractivity contribution in [1.29, 1.82) is 0 Å². The first-order chi connectivity index (χ1) is 20.8. The van der Waals surface area contributed by atoms with Crippen molar-refractivity contribution >= 4 is 28.0 Å². The molecule has 14 nitrogen and oxygen atoms in total. The molecule has 4 aromatic rings. The molecule has 5 heterocycles. The van der Waals surface area contributed by atoms with Crippen molar-refractivity contribution < 1.29 is 29.9 Å². The number of aryl methyl sites for hydroxylation is 1. The zero-order chi connectivity index (χ0) is 29.9. The molecule has 7 N–H and O–H groups in total. The van der Waals surface area contributed by atoms with Crippen LogP contribution >= 0.6 is 0 Å². The average molecular weight is 595 g/mol. The molecular weight excluding hydrogens is 556 g/mol. The number of hydrogen-bond acceptors (Lipinski definition) is 12. The highest BCUT2D eigenvalue weighted by molar-refractivity contribution is 5.81. The Labute approximate surface area is 247 Å². The Morgan fingerprint density at radius 2 is 1.88 bits per heavy atom. The number of hydrogen-bond donors (Lipinski definition) is 6. The topological polar surface area (TPSA) is 201 Å². The summed E-state index contributed by atoms with van der Waals surface area (Å²) in [5.74, 6) is 1.74. The van der Waals surface area contributed by atoms with Crippen molar-refractivity contribution in [2.45, 2.75) is 74.8 Å². The van der Waals surface area contributed by atoms with Gasteiger partial charge in [0, 0.05) is 19.0 Å². The molecule has 2 aliphatic heterocycles. The fraction of sp³-hybridized carbons (Fsp3) is 0.586. The summed E-state index contributed by atoms with van der Waals surface area (Å²) in [6.07, 6.45) is 4.44. The van der Waals surface area contributed by atoms with Crippen LogP contribution in [0, 0.1) is 5.92 Å². The van der Waals surface area contributed by atoms with E-state index in [4.69, 9.17) is 20.2 Å². The Morgan fingerprint density at radius 1 is 1.09 bits per heavy atom. The molecule has 3 aromatic heterocycles. The number of aliphatic hydroxyl groups excluding tert-OH is 4. The van der Waals surface area contributed by atoms with Gasteiger partial charge in [0.05, 0.1) is 42.6 Å². The minimum absolute atomic E-state index is 0.143. The molecule has 3 aliphatic rings. The second kappa shape index (κ2) is 11.0. The van der Waals surface area contributed by atoms with E-state index in [1.54, 1.807) is 10.9 Å². The molecule has 0 radical (unpaired) electrons. The van der Waals surface area contributed by atoms with Crippen LogP contribution in [-0.4, -0.2) is 112 Å². The van der Waals surface area contributed by atoms with Crippen LogP contribution in [0.4, 0.5) is 5.82 Å². The van der Waals surface area contributed by atoms with Crippen LogP contribution in [0.2, 0.25) is 0 Å². The lowest BCUT2D eigenvalue weighted by Gasteiger charge is -2.49. The maximum atomic E-state index is 11.1. The first kappa shape index (κ1) is 28.5. The molecule has 7 rings (SSSR count). The largest absolute Gasteiger partial charge is 0.395 e. The van der Waals surface area contributed by atoms with E-state index in [9.17, 15) is 20.4 Å². The third-order valence-corrected chi connectivity index (χ3v) is 9.70. The molecule has 1 saturated carbocycles. The molecule has 5 atom stereocenters. The summed E-state index contributed by atoms with van der Waals surface area (Å²) in [5.41, 5.74) is 8.14. The Bertz CT molecular complexity index is 1590. The molecule has 230 valence electrons. The molecule has 14 heteroatoms. The summed E-state index contributed by atoms with van der Waals surface area (Å²) in [6.45, 7) is 1.64. The molecule has 43 heavy (non-hydrogen) atoms. The van der Waals surface area contributed by atoms with Crippen molar-refractivity contribution in [3.05, 3.63) is 42.2 Å². The van der Waals surface area contributed by atoms with Gasteiger partial charge >= 0.3 is 0 Å². The van der Waals surface area contributed by atoms with E-state index in [-0.39, 0.29) is 38.0 Å². The summed E-state index contributed by atoms with van der Waals surface area (Å²) < 4.78 is 14.3. The highest BCUT2D eigenvalue weighted by atomic mass is 16.6. The SMILES string of the molecule is CC1O[C@H]2[C@@H](O)[C@H](n3cnc4c(N)ncnc43)O[C@@H]2CN1C1CC(CCc2nc3cc(C(CO)(CO)CO)ccc3[nH]2)C1. The molecule has 1 aromatic carbocycles. The van der Waals surface area contributed by atoms with E-state index in [0.29, 0.717) is 35.2 Å². The van der Waals surface area contributed by atoms with Gasteiger partial charge in [-0.3, -0.25) is 9.47 Å². The van der Waals surface area contributed by atoms with Crippen LogP contribution in [0.5, 0.6) is 0 Å². The summed E-state index contributed by atoms with van der Waals surface area (Å²) in [7, 11) is 0. The average Bonchev–Trinajstić information content (AvgIpc) is 3.69. The quantitative estimate of drug-likeness (QED) is 0.154. The van der Waals surface area contributed by atoms with Gasteiger partial charge in [-0.25, -0.2) is 19.9 Å². The van der Waals surface area contributed by atoms with Crippen molar-refractivity contribution in [2.75, 3.05) is 32.1 Å². The molecule has 1 unspecified atom stereocenters. The zero-order valence-electron chi connectivity index (χ0n) is 24.0. The van der Waals surface area contributed by atoms with Crippen LogP contribution < -0.4 is 5.73 Å². The van der Waals surface area contributed by atoms with Crippen LogP contribution in [0.1, 0.15) is 43.8 Å². The van der Waals surface area contributed by atoms with E-state index < -0.39 is 23.9 Å². The standard InChI is InChI=1S/C29H38N8O6/c1-15-36(9-21-25(42-15)24(41)28(43-21)37-14-33-23-26(30)31-13-32-27(23)37)18-6-16(7-18)2-5-22-34-19-4-3-17(8-20(19)35-22)29(10-38,11-39)12-40/h3-4,8,13-16,18,21,24-25,28,38-41H,2,5-7,9-12H2,1H3,(H,34,35)(H2,30,31,32)/t15?,16?,18?,21-,24-,25-,28-/m1/s1. The number of nitrogens with zero attached hydrogens (tertiary/aromatic N) is 6. The Hall–Kier alpha value is -3.24. The maximum absolute atomic E-state index is 11.1. The number of aromatic amines is 1. The number of fused-ring (bicyclic) bond motifs is 3. The summed E-state index contributed by atoms with van der Waals surface area (Å²) in [6, 6.07) is 5.90. The summed E-state index contributed by atoms with van der Waals surface area (Å²) in [5, 5.41) is 40.5. The third-order valence-electron chi connectivity index (χ3n) is 9.70. The highest BCUT2D eigenvalue weighted by Gasteiger charge is 2.52. The summed E-state index contributed by atoms with van der Waals surface area (Å²) >= 11 is 0. The van der Waals surface area contributed by atoms with E-state index in [1.165, 1.54) is 6.33 Å². The number of imidazole rings is 2. The van der Waals surface area contributed by atoms with Crippen molar-refractivity contribution in [3.8, 4) is 0 Å². The van der Waals surface area contributed by atoms with Crippen LogP contribution in [0.25, 0.3) is 22.2 Å². The maximum Gasteiger partial charge on any atom is 0.167 e. The van der Waals surface area contributed by atoms with Gasteiger partial charge in [-0.1, -0.05) is 6.07 Å². The van der Waals surface area contributed by atoms with Gasteiger partial charge < -0.3 is 40.6 Å². The number of H-pyrrole nitrogens is 1. The van der Waals surface area contributed by atoms with Crippen molar-refractivity contribution in [1.82, 2.24) is 34.4 Å². The second-order valence-corrected chi connectivity index (χ2v) is 12.2. The number of aliphatic hydroxyl groups is 4. The first-order valence-electron chi connectivity index (χ1n) is 14.8. The molecule has 2 saturated heterocycles. The van der Waals surface area contributed by atoms with Gasteiger partial charge in [0.1, 0.15) is 42.2 Å². The van der Waals surface area contributed by atoms with E-state index in [0.717, 1.165) is 42.5 Å². The molecular formula is C29H38N8O6. The molecule has 0 bridgehead atoms. The number of nitrogens with two attached hydrogens (primary N) is 1. The number of anilines is 1. The fourth-order valence-electron chi connectivity index (χ4n) is 6.91. The minimum Gasteiger partial charge on any atom is -0.395 e. The normalized spacial score (nSPS) is 29.7. The van der Waals surface area contributed by atoms with E-state index in [2.05, 4.69) is 24.8 Å². The number of benzene rings is 1. The second-order valence-electron chi connectivity index (χ2n) is 12.2. The predicted octanol–water partition coefficient (Wildman–Crippen LogP) is 0.216. The van der Waals surface area contributed by atoms with Gasteiger partial charge in [0.2, 0.25) is 0 Å². The van der Waals surface area contributed by atoms with Gasteiger partial charge in [-0.15, -0.1) is 0 Å². The number of aromatic nitrogens is 6. The zero-order valence-corrected chi connectivity index (χ0v) is 24.0. The number of nitrogen functional groups attached to an aromatic ring is 1. The molecule has 0 spiro atoms. The summed E-state index contributed by atoms with van der Waals surface area (Å²) in [4.78, 5) is 23.1. The number of ether oxygens (including phenoxy) is 2. The number of nitrogens with one attached hydrogen (secondary N) is 1. The fourth-order valence-corrected chi connectivity index (χ4v) is 6.91. The lowest BCUT2D eigenvalue weighted by atomic mass is 9.76. The van der Waals surface area contributed by atoms with E-state index in [1.807, 2.05) is 25.1 Å². The smallest absolute Gasteiger partial charge is 0.167 e. The monoisotopic (exact) mass is 594 g/mol. The lowest BCUT2D eigenvalue weighted by molar-refractivity contribution is -0.199. The van der Waals surface area contributed by atoms with Crippen LogP contribution in [-0.2, 0) is 21.3 Å². The third kappa shape index (κ3) is 4.77. The molecule has 0 amide bonds. The lowest BCUT2D eigenvalue weighted by Crippen LogP contribution is -2.59. The highest BCUT2D eigenvalue weighted by Crippen LogP contribution is 2.42. The Morgan fingerprint density at radius 3 is 2.65 bits per heavy atom. The Balaban J connectivity index is 0.953. The van der Waals surface area contributed by atoms with E-state index >= 15 is 0 Å². The molecule has 3 fully saturated rings. The van der Waals surface area contributed by atoms with Gasteiger partial charge in [-0.05, 0) is 49.8 Å².